The number of amides is 1. The number of aliphatic hydroxyl groups excluding tert-OH is 1. The second-order valence-corrected chi connectivity index (χ2v) is 6.65. The third-order valence-corrected chi connectivity index (χ3v) is 4.36. The summed E-state index contributed by atoms with van der Waals surface area (Å²) < 4.78 is 12.8. The highest BCUT2D eigenvalue weighted by Crippen LogP contribution is 2.09. The maximum Gasteiger partial charge on any atom is 0.234 e. The molecule has 0 bridgehead atoms. The molecule has 1 aliphatic heterocycles. The molecule has 2 rings (SSSR count). The minimum absolute atomic E-state index is 0.0216. The summed E-state index contributed by atoms with van der Waals surface area (Å²) in [5.74, 6) is -0.222. The lowest BCUT2D eigenvalue weighted by atomic mass is 10.1. The summed E-state index contributed by atoms with van der Waals surface area (Å²) in [7, 11) is 0. The lowest BCUT2D eigenvalue weighted by molar-refractivity contribution is -0.123. The second-order valence-electron chi connectivity index (χ2n) is 6.65. The molecule has 6 heteroatoms. The maximum atomic E-state index is 12.8. The Hall–Kier alpha value is -1.50. The number of aliphatic hydroxyl groups is 1. The van der Waals surface area contributed by atoms with Gasteiger partial charge >= 0.3 is 0 Å². The number of nitrogens with one attached hydrogen (secondary N) is 1. The van der Waals surface area contributed by atoms with Crippen molar-refractivity contribution >= 4 is 5.91 Å². The lowest BCUT2D eigenvalue weighted by Gasteiger charge is -2.40. The number of nitrogens with zero attached hydrogens (tertiary/aromatic N) is 2. The first-order chi connectivity index (χ1) is 11.4. The van der Waals surface area contributed by atoms with E-state index >= 15 is 0 Å². The molecule has 1 aromatic rings. The Kier molecular flexibility index (Phi) is 7.15. The van der Waals surface area contributed by atoms with E-state index in [9.17, 15) is 14.3 Å². The Morgan fingerprint density at radius 1 is 1.38 bits per heavy atom. The van der Waals surface area contributed by atoms with Gasteiger partial charge < -0.3 is 10.4 Å². The van der Waals surface area contributed by atoms with Gasteiger partial charge in [-0.15, -0.1) is 0 Å². The maximum absolute atomic E-state index is 12.8. The van der Waals surface area contributed by atoms with Gasteiger partial charge in [0, 0.05) is 38.8 Å². The van der Waals surface area contributed by atoms with Crippen molar-refractivity contribution in [2.45, 2.75) is 32.4 Å². The van der Waals surface area contributed by atoms with Crippen LogP contribution in [-0.4, -0.2) is 72.2 Å². The minimum Gasteiger partial charge on any atom is -0.392 e. The molecule has 24 heavy (non-hydrogen) atoms. The van der Waals surface area contributed by atoms with Crippen LogP contribution in [0.25, 0.3) is 0 Å². The zero-order valence-corrected chi connectivity index (χ0v) is 14.5. The molecule has 134 valence electrons. The number of β-amino-alcohol motifs (C(OH)–C–C–N with tert-alkyl or cyclic N) is 1. The van der Waals surface area contributed by atoms with Crippen LogP contribution in [0.5, 0.6) is 0 Å². The Morgan fingerprint density at radius 3 is 2.71 bits per heavy atom. The van der Waals surface area contributed by atoms with Crippen molar-refractivity contribution in [1.29, 1.82) is 0 Å². The zero-order chi connectivity index (χ0) is 17.5. The molecule has 2 atom stereocenters. The Balaban J connectivity index is 1.66. The third-order valence-electron chi connectivity index (χ3n) is 4.36. The highest BCUT2D eigenvalue weighted by Gasteiger charge is 2.25. The van der Waals surface area contributed by atoms with Gasteiger partial charge in [0.25, 0.3) is 0 Å². The van der Waals surface area contributed by atoms with Crippen LogP contribution < -0.4 is 5.32 Å². The normalized spacial score (nSPS) is 20.8. The number of carbonyl (C=O) groups is 1. The fourth-order valence-corrected chi connectivity index (χ4v) is 3.08. The summed E-state index contributed by atoms with van der Waals surface area (Å²) >= 11 is 0. The smallest absolute Gasteiger partial charge is 0.234 e. The van der Waals surface area contributed by atoms with Crippen molar-refractivity contribution in [3.8, 4) is 0 Å². The van der Waals surface area contributed by atoms with Crippen molar-refractivity contribution in [2.75, 3.05) is 39.3 Å². The van der Waals surface area contributed by atoms with Gasteiger partial charge in [0.15, 0.2) is 0 Å². The molecule has 1 saturated heterocycles. The second kappa shape index (κ2) is 9.11. The van der Waals surface area contributed by atoms with Crippen LogP contribution in [-0.2, 0) is 11.2 Å². The van der Waals surface area contributed by atoms with Crippen molar-refractivity contribution < 1.29 is 14.3 Å². The highest BCUT2D eigenvalue weighted by molar-refractivity contribution is 5.78. The quantitative estimate of drug-likeness (QED) is 0.775. The van der Waals surface area contributed by atoms with E-state index in [0.717, 1.165) is 25.2 Å². The first kappa shape index (κ1) is 18.8. The van der Waals surface area contributed by atoms with Gasteiger partial charge in [-0.05, 0) is 38.0 Å². The van der Waals surface area contributed by atoms with E-state index in [1.165, 1.54) is 12.1 Å². The van der Waals surface area contributed by atoms with Gasteiger partial charge in [-0.25, -0.2) is 4.39 Å². The number of piperazine rings is 1. The van der Waals surface area contributed by atoms with Gasteiger partial charge in [-0.2, -0.15) is 0 Å². The molecule has 1 aromatic carbocycles. The van der Waals surface area contributed by atoms with Gasteiger partial charge in [0.1, 0.15) is 5.82 Å². The Labute approximate surface area is 143 Å². The number of carbonyl (C=O) groups excluding carboxylic acids is 1. The van der Waals surface area contributed by atoms with Crippen molar-refractivity contribution in [3.05, 3.63) is 35.6 Å². The topological polar surface area (TPSA) is 55.8 Å². The lowest BCUT2D eigenvalue weighted by Crippen LogP contribution is -2.55. The predicted octanol–water partition coefficient (Wildman–Crippen LogP) is 0.871. The summed E-state index contributed by atoms with van der Waals surface area (Å²) in [5, 5.41) is 12.4. The molecule has 0 aliphatic carbocycles. The van der Waals surface area contributed by atoms with E-state index < -0.39 is 0 Å². The van der Waals surface area contributed by atoms with Crippen molar-refractivity contribution in [3.63, 3.8) is 0 Å². The standard InChI is InChI=1S/C18H28FN3O2/c1-14-11-21(9-10-22(14)12-15(2)23)13-18(24)20-8-7-16-3-5-17(19)6-4-16/h3-6,14-15,23H,7-13H2,1-2H3,(H,20,24)/t14-,15+/m1/s1. The zero-order valence-electron chi connectivity index (χ0n) is 14.5. The molecule has 1 fully saturated rings. The molecule has 0 unspecified atom stereocenters. The number of hydrogen-bond donors (Lipinski definition) is 2. The fourth-order valence-electron chi connectivity index (χ4n) is 3.08. The molecule has 2 N–H and O–H groups in total. The van der Waals surface area contributed by atoms with E-state index in [0.29, 0.717) is 32.1 Å². The van der Waals surface area contributed by atoms with E-state index in [2.05, 4.69) is 22.0 Å². The average molecular weight is 337 g/mol. The average Bonchev–Trinajstić information content (AvgIpc) is 2.51. The van der Waals surface area contributed by atoms with Crippen LogP contribution in [0.15, 0.2) is 24.3 Å². The summed E-state index contributed by atoms with van der Waals surface area (Å²) in [6, 6.07) is 6.69. The van der Waals surface area contributed by atoms with Crippen molar-refractivity contribution in [1.82, 2.24) is 15.1 Å². The van der Waals surface area contributed by atoms with Crippen molar-refractivity contribution in [2.24, 2.45) is 0 Å². The van der Waals surface area contributed by atoms with E-state index in [1.54, 1.807) is 19.1 Å². The number of halogens is 1. The molecule has 1 aliphatic rings. The number of benzene rings is 1. The van der Waals surface area contributed by atoms with E-state index in [4.69, 9.17) is 0 Å². The van der Waals surface area contributed by atoms with E-state index in [-0.39, 0.29) is 17.8 Å². The monoisotopic (exact) mass is 337 g/mol. The first-order valence-electron chi connectivity index (χ1n) is 8.59. The molecule has 0 spiro atoms. The summed E-state index contributed by atoms with van der Waals surface area (Å²) in [5.41, 5.74) is 1.01. The largest absolute Gasteiger partial charge is 0.392 e. The molecule has 1 heterocycles. The first-order valence-corrected chi connectivity index (χ1v) is 8.59. The van der Waals surface area contributed by atoms with Gasteiger partial charge in [0.05, 0.1) is 12.6 Å². The van der Waals surface area contributed by atoms with Crippen LogP contribution in [0.2, 0.25) is 0 Å². The van der Waals surface area contributed by atoms with Gasteiger partial charge in [-0.3, -0.25) is 14.6 Å². The van der Waals surface area contributed by atoms with Crippen LogP contribution >= 0.6 is 0 Å². The van der Waals surface area contributed by atoms with Crippen LogP contribution in [0.3, 0.4) is 0 Å². The molecule has 1 amide bonds. The van der Waals surface area contributed by atoms with Crippen LogP contribution in [0, 0.1) is 5.82 Å². The Morgan fingerprint density at radius 2 is 2.08 bits per heavy atom. The third kappa shape index (κ3) is 6.19. The molecule has 0 radical (unpaired) electrons. The summed E-state index contributed by atoms with van der Waals surface area (Å²) in [6.07, 6.45) is 0.374. The number of hydrogen-bond acceptors (Lipinski definition) is 4. The summed E-state index contributed by atoms with van der Waals surface area (Å²) in [6.45, 7) is 8.10. The SMILES string of the molecule is C[C@H](O)CN1CCN(CC(=O)NCCc2ccc(F)cc2)C[C@H]1C. The summed E-state index contributed by atoms with van der Waals surface area (Å²) in [4.78, 5) is 16.5. The molecular formula is C18H28FN3O2. The van der Waals surface area contributed by atoms with E-state index in [1.807, 2.05) is 0 Å². The Bertz CT molecular complexity index is 522. The molecular weight excluding hydrogens is 309 g/mol. The highest BCUT2D eigenvalue weighted by atomic mass is 19.1. The van der Waals surface area contributed by atoms with Gasteiger partial charge in [-0.1, -0.05) is 12.1 Å². The van der Waals surface area contributed by atoms with Crippen LogP contribution in [0.4, 0.5) is 4.39 Å². The molecule has 5 nitrogen and oxygen atoms in total. The minimum atomic E-state index is -0.325. The fraction of sp³-hybridized carbons (Fsp3) is 0.611. The predicted molar refractivity (Wildman–Crippen MR) is 92.3 cm³/mol. The molecule has 0 aromatic heterocycles. The van der Waals surface area contributed by atoms with Crippen LogP contribution in [0.1, 0.15) is 19.4 Å². The van der Waals surface area contributed by atoms with Gasteiger partial charge in [0.2, 0.25) is 5.91 Å². The molecule has 0 saturated carbocycles. The number of rotatable bonds is 7.